The van der Waals surface area contributed by atoms with E-state index in [0.717, 1.165) is 4.90 Å². The van der Waals surface area contributed by atoms with Crippen LogP contribution in [0, 0.1) is 0 Å². The zero-order valence-corrected chi connectivity index (χ0v) is 7.73. The Morgan fingerprint density at radius 3 is 2.42 bits per heavy atom. The molecule has 66 valence electrons. The fourth-order valence-electron chi connectivity index (χ4n) is 0.702. The first kappa shape index (κ1) is 11.2. The van der Waals surface area contributed by atoms with E-state index in [9.17, 15) is 4.79 Å². The van der Waals surface area contributed by atoms with Crippen LogP contribution in [0.15, 0.2) is 35.2 Å². The summed E-state index contributed by atoms with van der Waals surface area (Å²) in [6, 6.07) is 9.93. The molecule has 2 nitrogen and oxygen atoms in total. The van der Waals surface area contributed by atoms with E-state index in [-0.39, 0.29) is 11.3 Å². The highest BCUT2D eigenvalue weighted by molar-refractivity contribution is 8.00. The number of rotatable bonds is 3. The molecule has 0 aliphatic heterocycles. The first-order chi connectivity index (χ1) is 5.29. The van der Waals surface area contributed by atoms with Gasteiger partial charge in [-0.05, 0) is 19.1 Å². The summed E-state index contributed by atoms with van der Waals surface area (Å²) in [4.78, 5) is 11.8. The third kappa shape index (κ3) is 4.16. The molecule has 1 aromatic rings. The zero-order chi connectivity index (χ0) is 8.10. The Morgan fingerprint density at radius 2 is 1.92 bits per heavy atom. The minimum Gasteiger partial charge on any atom is -0.412 e. The van der Waals surface area contributed by atoms with E-state index in [4.69, 9.17) is 0 Å². The highest BCUT2D eigenvalue weighted by atomic mass is 32.2. The van der Waals surface area contributed by atoms with E-state index in [1.807, 2.05) is 30.3 Å². The van der Waals surface area contributed by atoms with Crippen molar-refractivity contribution in [2.24, 2.45) is 0 Å². The number of hydrogen-bond acceptors (Lipinski definition) is 2. The first-order valence-corrected chi connectivity index (χ1v) is 4.45. The molecular formula is C9H12O2S. The lowest BCUT2D eigenvalue weighted by Crippen LogP contribution is -1.92. The summed E-state index contributed by atoms with van der Waals surface area (Å²) < 4.78 is 0. The lowest BCUT2D eigenvalue weighted by Gasteiger charge is -1.95. The van der Waals surface area contributed by atoms with Crippen molar-refractivity contribution in [3.05, 3.63) is 30.3 Å². The quantitative estimate of drug-likeness (QED) is 0.669. The first-order valence-electron chi connectivity index (χ1n) is 3.46. The Kier molecular flexibility index (Phi) is 5.41. The fraction of sp³-hybridized carbons (Fsp3) is 0.222. The van der Waals surface area contributed by atoms with E-state index in [0.29, 0.717) is 5.75 Å². The Labute approximate surface area is 76.3 Å². The van der Waals surface area contributed by atoms with Gasteiger partial charge >= 0.3 is 0 Å². The smallest absolute Gasteiger partial charge is 0.140 e. The standard InChI is InChI=1S/C9H10OS.H2O/c1-8(10)7-11-9-5-3-2-4-6-9;/h2-6H,7H2,1H3;1H2. The Bertz CT molecular complexity index is 234. The van der Waals surface area contributed by atoms with E-state index in [1.54, 1.807) is 18.7 Å². The summed E-state index contributed by atoms with van der Waals surface area (Å²) in [6.45, 7) is 1.61. The molecule has 0 radical (unpaired) electrons. The van der Waals surface area contributed by atoms with Crippen molar-refractivity contribution in [3.63, 3.8) is 0 Å². The van der Waals surface area contributed by atoms with Gasteiger partial charge in [0, 0.05) is 4.90 Å². The Morgan fingerprint density at radius 1 is 1.33 bits per heavy atom. The van der Waals surface area contributed by atoms with Gasteiger partial charge in [-0.1, -0.05) is 18.2 Å². The van der Waals surface area contributed by atoms with Crippen molar-refractivity contribution in [1.82, 2.24) is 0 Å². The number of carbonyl (C=O) groups is 1. The van der Waals surface area contributed by atoms with Crippen LogP contribution >= 0.6 is 11.8 Å². The van der Waals surface area contributed by atoms with Gasteiger partial charge in [0.15, 0.2) is 0 Å². The van der Waals surface area contributed by atoms with Crippen molar-refractivity contribution in [2.45, 2.75) is 11.8 Å². The Hall–Kier alpha value is -0.800. The van der Waals surface area contributed by atoms with Gasteiger partial charge in [0.1, 0.15) is 5.78 Å². The molecule has 0 aliphatic carbocycles. The van der Waals surface area contributed by atoms with E-state index in [1.165, 1.54) is 0 Å². The molecule has 0 amide bonds. The third-order valence-electron chi connectivity index (χ3n) is 1.19. The summed E-state index contributed by atoms with van der Waals surface area (Å²) in [6.07, 6.45) is 0. The van der Waals surface area contributed by atoms with Crippen molar-refractivity contribution in [1.29, 1.82) is 0 Å². The van der Waals surface area contributed by atoms with E-state index in [2.05, 4.69) is 0 Å². The topological polar surface area (TPSA) is 48.6 Å². The van der Waals surface area contributed by atoms with Crippen molar-refractivity contribution in [2.75, 3.05) is 5.75 Å². The van der Waals surface area contributed by atoms with Gasteiger partial charge in [0.05, 0.1) is 5.75 Å². The second kappa shape index (κ2) is 5.80. The van der Waals surface area contributed by atoms with Crippen LogP contribution in [0.4, 0.5) is 0 Å². The fourth-order valence-corrected chi connectivity index (χ4v) is 1.42. The number of hydrogen-bond donors (Lipinski definition) is 0. The van der Waals surface area contributed by atoms with Gasteiger partial charge in [0.25, 0.3) is 0 Å². The van der Waals surface area contributed by atoms with Crippen LogP contribution in [0.5, 0.6) is 0 Å². The average Bonchev–Trinajstić information content (AvgIpc) is 2.03. The summed E-state index contributed by atoms with van der Waals surface area (Å²) in [5.41, 5.74) is 0. The molecule has 0 aliphatic rings. The SMILES string of the molecule is CC(=O)CSc1ccccc1.O. The molecule has 2 N–H and O–H groups in total. The minimum absolute atomic E-state index is 0. The largest absolute Gasteiger partial charge is 0.412 e. The molecule has 0 spiro atoms. The summed E-state index contributed by atoms with van der Waals surface area (Å²) >= 11 is 1.58. The van der Waals surface area contributed by atoms with Crippen LogP contribution in [0.3, 0.4) is 0 Å². The number of Topliss-reactive ketones (excluding diaryl/α,β-unsaturated/α-hetero) is 1. The van der Waals surface area contributed by atoms with Crippen LogP contribution in [0.2, 0.25) is 0 Å². The predicted octanol–water partition coefficient (Wildman–Crippen LogP) is 1.54. The van der Waals surface area contributed by atoms with E-state index >= 15 is 0 Å². The zero-order valence-electron chi connectivity index (χ0n) is 6.91. The third-order valence-corrected chi connectivity index (χ3v) is 2.34. The summed E-state index contributed by atoms with van der Waals surface area (Å²) in [7, 11) is 0. The van der Waals surface area contributed by atoms with Crippen LogP contribution in [0.1, 0.15) is 6.92 Å². The van der Waals surface area contributed by atoms with Crippen molar-refractivity contribution >= 4 is 17.5 Å². The highest BCUT2D eigenvalue weighted by Crippen LogP contribution is 2.16. The summed E-state index contributed by atoms with van der Waals surface area (Å²) in [5, 5.41) is 0. The molecule has 0 atom stereocenters. The normalized spacial score (nSPS) is 8.75. The van der Waals surface area contributed by atoms with Crippen LogP contribution in [-0.2, 0) is 4.79 Å². The molecule has 0 aromatic heterocycles. The van der Waals surface area contributed by atoms with E-state index < -0.39 is 0 Å². The molecule has 0 saturated carbocycles. The molecule has 1 aromatic carbocycles. The van der Waals surface area contributed by atoms with Gasteiger partial charge in [-0.15, -0.1) is 11.8 Å². The molecule has 0 heterocycles. The van der Waals surface area contributed by atoms with Crippen molar-refractivity contribution in [3.8, 4) is 0 Å². The molecule has 1 rings (SSSR count). The van der Waals surface area contributed by atoms with Gasteiger partial charge < -0.3 is 5.48 Å². The van der Waals surface area contributed by atoms with Crippen LogP contribution < -0.4 is 0 Å². The lowest BCUT2D eigenvalue weighted by molar-refractivity contribution is -0.114. The maximum absolute atomic E-state index is 10.6. The molecule has 3 heteroatoms. The molecule has 0 unspecified atom stereocenters. The van der Waals surface area contributed by atoms with Crippen LogP contribution in [-0.4, -0.2) is 17.0 Å². The number of carbonyl (C=O) groups excluding carboxylic acids is 1. The second-order valence-corrected chi connectivity index (χ2v) is 3.35. The average molecular weight is 184 g/mol. The minimum atomic E-state index is 0. The van der Waals surface area contributed by atoms with Gasteiger partial charge in [-0.25, -0.2) is 0 Å². The molecular weight excluding hydrogens is 172 g/mol. The Balaban J connectivity index is 0.00000121. The molecule has 0 fully saturated rings. The van der Waals surface area contributed by atoms with Gasteiger partial charge in [0.2, 0.25) is 0 Å². The predicted molar refractivity (Wildman–Crippen MR) is 51.5 cm³/mol. The number of ketones is 1. The number of benzene rings is 1. The van der Waals surface area contributed by atoms with Crippen molar-refractivity contribution < 1.29 is 10.3 Å². The maximum Gasteiger partial charge on any atom is 0.140 e. The molecule has 0 saturated heterocycles. The monoisotopic (exact) mass is 184 g/mol. The molecule has 12 heavy (non-hydrogen) atoms. The second-order valence-electron chi connectivity index (χ2n) is 2.30. The van der Waals surface area contributed by atoms with Gasteiger partial charge in [-0.2, -0.15) is 0 Å². The maximum atomic E-state index is 10.6. The summed E-state index contributed by atoms with van der Waals surface area (Å²) in [5.74, 6) is 0.795. The molecule has 0 bridgehead atoms. The van der Waals surface area contributed by atoms with Gasteiger partial charge in [-0.3, -0.25) is 4.79 Å². The number of thioether (sulfide) groups is 1. The van der Waals surface area contributed by atoms with Crippen LogP contribution in [0.25, 0.3) is 0 Å². The lowest BCUT2D eigenvalue weighted by atomic mass is 10.4. The highest BCUT2D eigenvalue weighted by Gasteiger charge is 1.94.